The number of aromatic nitrogens is 4. The topological polar surface area (TPSA) is 70.6 Å². The normalized spacial score (nSPS) is 18.5. The molecule has 0 aliphatic carbocycles. The van der Waals surface area contributed by atoms with Crippen molar-refractivity contribution >= 4 is 17.4 Å². The van der Waals surface area contributed by atoms with Gasteiger partial charge in [0, 0.05) is 26.1 Å². The maximum atomic E-state index is 9.04. The number of halogens is 1. The van der Waals surface area contributed by atoms with E-state index in [1.807, 2.05) is 23.8 Å². The molecular weight excluding hydrogens is 288 g/mol. The van der Waals surface area contributed by atoms with Crippen molar-refractivity contribution in [3.8, 4) is 6.07 Å². The van der Waals surface area contributed by atoms with Gasteiger partial charge in [0.05, 0.1) is 5.02 Å². The average Bonchev–Trinajstić information content (AvgIpc) is 2.94. The first-order chi connectivity index (χ1) is 10.2. The van der Waals surface area contributed by atoms with E-state index in [0.717, 1.165) is 37.6 Å². The summed E-state index contributed by atoms with van der Waals surface area (Å²) in [6.07, 6.45) is 3.87. The van der Waals surface area contributed by atoms with Crippen LogP contribution in [0.5, 0.6) is 0 Å². The van der Waals surface area contributed by atoms with Gasteiger partial charge in [-0.2, -0.15) is 5.26 Å². The molecule has 0 saturated carbocycles. The Balaban J connectivity index is 1.84. The number of nitriles is 1. The fourth-order valence-electron chi connectivity index (χ4n) is 2.74. The molecule has 21 heavy (non-hydrogen) atoms. The van der Waals surface area contributed by atoms with Crippen molar-refractivity contribution in [2.24, 2.45) is 7.05 Å². The first-order valence-electron chi connectivity index (χ1n) is 6.84. The maximum Gasteiger partial charge on any atom is 0.161 e. The lowest BCUT2D eigenvalue weighted by molar-refractivity contribution is 0.477. The number of hydrogen-bond acceptors (Lipinski definition) is 5. The third-order valence-corrected chi connectivity index (χ3v) is 4.10. The molecule has 2 aromatic rings. The van der Waals surface area contributed by atoms with E-state index < -0.39 is 0 Å². The smallest absolute Gasteiger partial charge is 0.161 e. The van der Waals surface area contributed by atoms with Crippen molar-refractivity contribution in [2.75, 3.05) is 18.0 Å². The molecule has 3 heterocycles. The van der Waals surface area contributed by atoms with Crippen molar-refractivity contribution in [2.45, 2.75) is 18.8 Å². The van der Waals surface area contributed by atoms with Gasteiger partial charge in [-0.3, -0.25) is 0 Å². The Labute approximate surface area is 128 Å². The Bertz CT molecular complexity index is 689. The Morgan fingerprint density at radius 2 is 2.29 bits per heavy atom. The van der Waals surface area contributed by atoms with Crippen LogP contribution >= 0.6 is 11.6 Å². The van der Waals surface area contributed by atoms with Crippen LogP contribution in [0.1, 0.15) is 30.3 Å². The summed E-state index contributed by atoms with van der Waals surface area (Å²) < 4.78 is 1.96. The molecule has 2 aromatic heterocycles. The third kappa shape index (κ3) is 2.69. The molecule has 0 bridgehead atoms. The quantitative estimate of drug-likeness (QED) is 0.850. The minimum Gasteiger partial charge on any atom is -0.356 e. The average molecular weight is 303 g/mol. The number of anilines is 1. The van der Waals surface area contributed by atoms with Crippen molar-refractivity contribution in [1.29, 1.82) is 5.26 Å². The third-order valence-electron chi connectivity index (χ3n) is 3.79. The highest BCUT2D eigenvalue weighted by atomic mass is 35.5. The van der Waals surface area contributed by atoms with Crippen LogP contribution < -0.4 is 4.90 Å². The highest BCUT2D eigenvalue weighted by molar-refractivity contribution is 6.31. The van der Waals surface area contributed by atoms with E-state index in [-0.39, 0.29) is 5.69 Å². The van der Waals surface area contributed by atoms with E-state index in [2.05, 4.69) is 20.1 Å². The summed E-state index contributed by atoms with van der Waals surface area (Å²) in [6, 6.07) is 5.62. The van der Waals surface area contributed by atoms with Crippen LogP contribution in [0.15, 0.2) is 18.5 Å². The van der Waals surface area contributed by atoms with Gasteiger partial charge in [-0.25, -0.2) is 4.98 Å². The first kappa shape index (κ1) is 13.8. The van der Waals surface area contributed by atoms with Crippen LogP contribution in [0.3, 0.4) is 0 Å². The number of piperidine rings is 1. The highest BCUT2D eigenvalue weighted by Gasteiger charge is 2.25. The van der Waals surface area contributed by atoms with E-state index >= 15 is 0 Å². The summed E-state index contributed by atoms with van der Waals surface area (Å²) in [4.78, 5) is 6.52. The van der Waals surface area contributed by atoms with Gasteiger partial charge in [0.25, 0.3) is 0 Å². The lowest BCUT2D eigenvalue weighted by Crippen LogP contribution is -2.35. The highest BCUT2D eigenvalue weighted by Crippen LogP contribution is 2.28. The van der Waals surface area contributed by atoms with E-state index in [1.165, 1.54) is 0 Å². The van der Waals surface area contributed by atoms with Gasteiger partial charge in [0.1, 0.15) is 24.0 Å². The fraction of sp³-hybridized carbons (Fsp3) is 0.429. The lowest BCUT2D eigenvalue weighted by atomic mass is 9.97. The van der Waals surface area contributed by atoms with Crippen LogP contribution in [0.4, 0.5) is 5.82 Å². The van der Waals surface area contributed by atoms with Gasteiger partial charge in [-0.15, -0.1) is 10.2 Å². The van der Waals surface area contributed by atoms with Crippen LogP contribution in [-0.4, -0.2) is 32.8 Å². The number of nitrogens with zero attached hydrogens (tertiary/aromatic N) is 6. The van der Waals surface area contributed by atoms with Crippen LogP contribution in [0.2, 0.25) is 5.02 Å². The van der Waals surface area contributed by atoms with Gasteiger partial charge < -0.3 is 9.47 Å². The molecule has 0 spiro atoms. The summed E-state index contributed by atoms with van der Waals surface area (Å²) in [5, 5.41) is 17.6. The van der Waals surface area contributed by atoms with E-state index in [1.54, 1.807) is 12.4 Å². The summed E-state index contributed by atoms with van der Waals surface area (Å²) >= 11 is 5.94. The summed E-state index contributed by atoms with van der Waals surface area (Å²) in [5.41, 5.74) is 0.273. The Morgan fingerprint density at radius 1 is 1.43 bits per heavy atom. The fourth-order valence-corrected chi connectivity index (χ4v) is 2.89. The zero-order valence-electron chi connectivity index (χ0n) is 11.7. The summed E-state index contributed by atoms with van der Waals surface area (Å²) in [7, 11) is 1.96. The monoisotopic (exact) mass is 302 g/mol. The molecule has 0 N–H and O–H groups in total. The maximum absolute atomic E-state index is 9.04. The summed E-state index contributed by atoms with van der Waals surface area (Å²) in [6.45, 7) is 1.75. The SMILES string of the molecule is Cn1cnnc1C1CCCN(c2ccc(Cl)c(C#N)n2)C1. The molecule has 108 valence electrons. The van der Waals surface area contributed by atoms with Gasteiger partial charge in [0.15, 0.2) is 5.69 Å². The predicted molar refractivity (Wildman–Crippen MR) is 79.2 cm³/mol. The number of rotatable bonds is 2. The first-order valence-corrected chi connectivity index (χ1v) is 7.22. The molecule has 1 aliphatic heterocycles. The van der Waals surface area contributed by atoms with E-state index in [4.69, 9.17) is 16.9 Å². The van der Waals surface area contributed by atoms with Crippen LogP contribution in [-0.2, 0) is 7.05 Å². The van der Waals surface area contributed by atoms with E-state index in [9.17, 15) is 0 Å². The van der Waals surface area contributed by atoms with Gasteiger partial charge in [-0.05, 0) is 25.0 Å². The molecule has 1 aliphatic rings. The molecule has 1 saturated heterocycles. The molecular formula is C14H15ClN6. The number of hydrogen-bond donors (Lipinski definition) is 0. The Kier molecular flexibility index (Phi) is 3.76. The number of aryl methyl sites for hydroxylation is 1. The second kappa shape index (κ2) is 5.70. The standard InChI is InChI=1S/C14H15ClN6/c1-20-9-17-19-14(20)10-3-2-6-21(8-10)13-5-4-11(15)12(7-16)18-13/h4-5,9-10H,2-3,6,8H2,1H3. The summed E-state index contributed by atoms with van der Waals surface area (Å²) in [5.74, 6) is 2.12. The minimum absolute atomic E-state index is 0.273. The lowest BCUT2D eigenvalue weighted by Gasteiger charge is -2.33. The van der Waals surface area contributed by atoms with Gasteiger partial charge >= 0.3 is 0 Å². The Morgan fingerprint density at radius 3 is 3.00 bits per heavy atom. The minimum atomic E-state index is 0.273. The van der Waals surface area contributed by atoms with Crippen molar-refractivity contribution in [3.05, 3.63) is 35.0 Å². The van der Waals surface area contributed by atoms with E-state index in [0.29, 0.717) is 10.9 Å². The van der Waals surface area contributed by atoms with Crippen LogP contribution in [0, 0.1) is 11.3 Å². The van der Waals surface area contributed by atoms with Crippen LogP contribution in [0.25, 0.3) is 0 Å². The second-order valence-electron chi connectivity index (χ2n) is 5.20. The van der Waals surface area contributed by atoms with Crippen molar-refractivity contribution in [3.63, 3.8) is 0 Å². The zero-order valence-corrected chi connectivity index (χ0v) is 12.5. The zero-order chi connectivity index (χ0) is 14.8. The number of pyridine rings is 1. The largest absolute Gasteiger partial charge is 0.356 e. The van der Waals surface area contributed by atoms with Crippen molar-refractivity contribution < 1.29 is 0 Å². The Hall–Kier alpha value is -2.13. The second-order valence-corrected chi connectivity index (χ2v) is 5.60. The molecule has 0 amide bonds. The molecule has 1 atom stereocenters. The molecule has 0 aromatic carbocycles. The molecule has 1 fully saturated rings. The molecule has 6 nitrogen and oxygen atoms in total. The van der Waals surface area contributed by atoms with Gasteiger partial charge in [-0.1, -0.05) is 11.6 Å². The predicted octanol–water partition coefficient (Wildman–Crippen LogP) is 2.12. The van der Waals surface area contributed by atoms with Gasteiger partial charge in [0.2, 0.25) is 0 Å². The molecule has 1 unspecified atom stereocenters. The van der Waals surface area contributed by atoms with Crippen molar-refractivity contribution in [1.82, 2.24) is 19.7 Å². The molecule has 0 radical (unpaired) electrons. The molecule has 3 rings (SSSR count). The molecule has 7 heteroatoms.